The van der Waals surface area contributed by atoms with Crippen LogP contribution in [0.15, 0.2) is 139 Å². The first-order valence-electron chi connectivity index (χ1n) is 16.6. The summed E-state index contributed by atoms with van der Waals surface area (Å²) in [5.41, 5.74) is 15.6. The molecule has 2 N–H and O–H groups in total. The minimum atomic E-state index is 0. The van der Waals surface area contributed by atoms with Gasteiger partial charge in [-0.15, -0.1) is 0 Å². The van der Waals surface area contributed by atoms with Crippen LogP contribution in [0.3, 0.4) is 0 Å². The number of aromatic amines is 2. The number of hydrogen-bond donors (Lipinski definition) is 2. The molecule has 53 heavy (non-hydrogen) atoms. The number of nitrogens with zero attached hydrogens (tertiary/aromatic N) is 2. The zero-order valence-corrected chi connectivity index (χ0v) is 35.2. The van der Waals surface area contributed by atoms with Crippen molar-refractivity contribution in [1.29, 1.82) is 0 Å². The Kier molecular flexibility index (Phi) is 10.2. The molecule has 0 atom stereocenters. The molecule has 4 nitrogen and oxygen atoms in total. The first kappa shape index (κ1) is 35.9. The summed E-state index contributed by atoms with van der Waals surface area (Å²) in [6.07, 6.45) is 8.49. The normalized spacial score (nSPS) is 11.8. The summed E-state index contributed by atoms with van der Waals surface area (Å²) < 4.78 is 4.07. The predicted octanol–water partition coefficient (Wildman–Crippen LogP) is 14.4. The van der Waals surface area contributed by atoms with E-state index < -0.39 is 0 Å². The van der Waals surface area contributed by atoms with Gasteiger partial charge < -0.3 is 9.97 Å². The zero-order chi connectivity index (χ0) is 35.3. The van der Waals surface area contributed by atoms with Gasteiger partial charge in [-0.1, -0.05) is 112 Å². The Balaban J connectivity index is 0.00000400. The smallest absolute Gasteiger partial charge is 0.0737 e. The zero-order valence-electron chi connectivity index (χ0n) is 27.6. The van der Waals surface area contributed by atoms with Crippen LogP contribution < -0.4 is 0 Å². The van der Waals surface area contributed by atoms with E-state index in [1.807, 2.05) is 0 Å². The molecule has 2 aliphatic rings. The molecule has 9 heteroatoms. The minimum Gasteiger partial charge on any atom is -0.354 e. The summed E-state index contributed by atoms with van der Waals surface area (Å²) in [5.74, 6) is 0. The van der Waals surface area contributed by atoms with Crippen LogP contribution in [0.25, 0.3) is 90.9 Å². The maximum absolute atomic E-state index is 5.38. The SMILES string of the molecule is Brc1ccc(-c2c3nc(c(-c4ccc(Br)cc4)c4ccc([nH]4)c(-c4ccc(Br)cc4)c4nc(c(-c5ccc(Br)cc5)c5ccc2[nH]5)C=C4)C=C3)cc1.[Mn]. The van der Waals surface area contributed by atoms with Crippen molar-refractivity contribution in [1.82, 2.24) is 19.9 Å². The summed E-state index contributed by atoms with van der Waals surface area (Å²) in [7, 11) is 0. The van der Waals surface area contributed by atoms with E-state index in [4.69, 9.17) is 9.97 Å². The van der Waals surface area contributed by atoms with Crippen molar-refractivity contribution in [2.75, 3.05) is 0 Å². The first-order chi connectivity index (χ1) is 25.4. The third-order valence-corrected chi connectivity index (χ3v) is 11.4. The number of H-pyrrole nitrogens is 2. The summed E-state index contributed by atoms with van der Waals surface area (Å²) in [6, 6.07) is 42.2. The first-order valence-corrected chi connectivity index (χ1v) is 19.8. The van der Waals surface area contributed by atoms with Crippen LogP contribution in [-0.2, 0) is 17.1 Å². The van der Waals surface area contributed by atoms with Gasteiger partial charge in [0.2, 0.25) is 0 Å². The van der Waals surface area contributed by atoms with Crippen LogP contribution in [0.5, 0.6) is 0 Å². The van der Waals surface area contributed by atoms with E-state index in [0.29, 0.717) is 0 Å². The molecule has 3 aromatic heterocycles. The Labute approximate surface area is 350 Å². The molecular weight excluding hydrogens is 959 g/mol. The van der Waals surface area contributed by atoms with Gasteiger partial charge in [-0.2, -0.15) is 0 Å². The standard InChI is InChI=1S/C44H26Br4N4.Mn/c45-29-9-1-25(2-10-29)41-33-17-19-35(49-33)42(26-3-11-30(46)12-4-26)37-21-23-39(51-37)44(28-7-15-32(48)16-8-28)40-24-22-38(52-40)43(36-20-18-34(41)50-36)27-5-13-31(47)14-6-27;/h1-24,49,52H;. The average Bonchev–Trinajstić information content (AvgIpc) is 3.99. The van der Waals surface area contributed by atoms with Gasteiger partial charge in [-0.05, 0) is 119 Å². The Morgan fingerprint density at radius 2 is 0.509 bits per heavy atom. The Morgan fingerprint density at radius 1 is 0.302 bits per heavy atom. The monoisotopic (exact) mass is 981 g/mol. The van der Waals surface area contributed by atoms with Gasteiger partial charge in [0.25, 0.3) is 0 Å². The third kappa shape index (κ3) is 7.03. The molecule has 1 radical (unpaired) electrons. The summed E-state index contributed by atoms with van der Waals surface area (Å²) in [6.45, 7) is 0. The summed E-state index contributed by atoms with van der Waals surface area (Å²) in [4.78, 5) is 18.4. The number of halogens is 4. The van der Waals surface area contributed by atoms with Gasteiger partial charge in [0.1, 0.15) is 0 Å². The molecule has 0 amide bonds. The van der Waals surface area contributed by atoms with Crippen molar-refractivity contribution in [3.05, 3.63) is 162 Å². The van der Waals surface area contributed by atoms with Crippen LogP contribution in [-0.4, -0.2) is 19.9 Å². The van der Waals surface area contributed by atoms with Crippen LogP contribution in [0.1, 0.15) is 22.8 Å². The van der Waals surface area contributed by atoms with Gasteiger partial charge >= 0.3 is 0 Å². The number of nitrogens with one attached hydrogen (secondary N) is 2. The van der Waals surface area contributed by atoms with Crippen molar-refractivity contribution >= 4 is 110 Å². The average molecular weight is 985 g/mol. The molecule has 0 saturated heterocycles. The van der Waals surface area contributed by atoms with Crippen LogP contribution >= 0.6 is 63.7 Å². The largest absolute Gasteiger partial charge is 0.354 e. The summed E-state index contributed by atoms with van der Waals surface area (Å²) >= 11 is 14.5. The molecule has 7 aromatic rings. The Bertz CT molecular complexity index is 2370. The number of aromatic nitrogens is 4. The van der Waals surface area contributed by atoms with Gasteiger partial charge in [0.15, 0.2) is 0 Å². The maximum Gasteiger partial charge on any atom is 0.0737 e. The van der Waals surface area contributed by atoms with E-state index in [0.717, 1.165) is 107 Å². The molecule has 8 bridgehead atoms. The second-order valence-corrected chi connectivity index (χ2v) is 16.2. The van der Waals surface area contributed by atoms with Crippen molar-refractivity contribution in [2.24, 2.45) is 0 Å². The Morgan fingerprint density at radius 3 is 0.717 bits per heavy atom. The molecule has 5 heterocycles. The predicted molar refractivity (Wildman–Crippen MR) is 231 cm³/mol. The Hall–Kier alpha value is -4.08. The second-order valence-electron chi connectivity index (χ2n) is 12.5. The van der Waals surface area contributed by atoms with Crippen molar-refractivity contribution in [3.8, 4) is 44.5 Å². The van der Waals surface area contributed by atoms with Gasteiger partial charge in [-0.25, -0.2) is 9.97 Å². The van der Waals surface area contributed by atoms with Crippen molar-refractivity contribution in [2.45, 2.75) is 0 Å². The van der Waals surface area contributed by atoms with Gasteiger partial charge in [-0.3, -0.25) is 0 Å². The molecule has 2 aliphatic heterocycles. The topological polar surface area (TPSA) is 57.4 Å². The molecule has 0 spiro atoms. The van der Waals surface area contributed by atoms with Gasteiger partial charge in [0.05, 0.1) is 22.8 Å². The van der Waals surface area contributed by atoms with Crippen LogP contribution in [0, 0.1) is 0 Å². The molecule has 0 fully saturated rings. The number of hydrogen-bond acceptors (Lipinski definition) is 2. The molecule has 9 rings (SSSR count). The van der Waals surface area contributed by atoms with Gasteiger partial charge in [0, 0.05) is 79.3 Å². The number of fused-ring (bicyclic) bond motifs is 8. The fraction of sp³-hybridized carbons (Fsp3) is 0. The minimum absolute atomic E-state index is 0. The molecule has 0 aliphatic carbocycles. The number of benzene rings is 4. The van der Waals surface area contributed by atoms with E-state index in [-0.39, 0.29) is 17.1 Å². The fourth-order valence-corrected chi connectivity index (χ4v) is 7.94. The van der Waals surface area contributed by atoms with Crippen molar-refractivity contribution < 1.29 is 17.1 Å². The van der Waals surface area contributed by atoms with E-state index in [1.165, 1.54) is 0 Å². The van der Waals surface area contributed by atoms with Crippen LogP contribution in [0.4, 0.5) is 0 Å². The van der Waals surface area contributed by atoms with Crippen LogP contribution in [0.2, 0.25) is 0 Å². The summed E-state index contributed by atoms with van der Waals surface area (Å²) in [5, 5.41) is 0. The molecule has 0 unspecified atom stereocenters. The number of rotatable bonds is 4. The quantitative estimate of drug-likeness (QED) is 0.173. The molecule has 4 aromatic carbocycles. The molecule has 257 valence electrons. The van der Waals surface area contributed by atoms with E-state index in [1.54, 1.807) is 0 Å². The second kappa shape index (κ2) is 15.0. The van der Waals surface area contributed by atoms with E-state index in [2.05, 4.69) is 219 Å². The maximum atomic E-state index is 5.38. The molecular formula is C44H26Br4MnN4. The molecule has 0 saturated carbocycles. The fourth-order valence-electron chi connectivity index (χ4n) is 6.89. The van der Waals surface area contributed by atoms with E-state index >= 15 is 0 Å². The van der Waals surface area contributed by atoms with Crippen molar-refractivity contribution in [3.63, 3.8) is 0 Å². The third-order valence-electron chi connectivity index (χ3n) is 9.29. The van der Waals surface area contributed by atoms with E-state index in [9.17, 15) is 0 Å².